The minimum absolute atomic E-state index is 0. The summed E-state index contributed by atoms with van der Waals surface area (Å²) >= 11 is 32.0. The van der Waals surface area contributed by atoms with Gasteiger partial charge in [0.15, 0.2) is 0 Å². The number of hydrogen-bond donors (Lipinski definition) is 0. The first-order chi connectivity index (χ1) is 28.0. The van der Waals surface area contributed by atoms with Gasteiger partial charge in [-0.05, 0) is 14.5 Å². The van der Waals surface area contributed by atoms with Crippen molar-refractivity contribution in [1.82, 2.24) is 0 Å². The van der Waals surface area contributed by atoms with Crippen LogP contribution in [-0.4, -0.2) is 56.8 Å². The van der Waals surface area contributed by atoms with Crippen molar-refractivity contribution in [1.29, 1.82) is 0 Å². The second kappa shape index (κ2) is 59.2. The van der Waals surface area contributed by atoms with E-state index in [9.17, 15) is 0 Å². The zero-order valence-corrected chi connectivity index (χ0v) is 52.4. The maximum absolute atomic E-state index is 8.55. The average Bonchev–Trinajstić information content (AvgIpc) is 3.12. The Balaban J connectivity index is -0.0000000654. The number of halogens is 6. The molecule has 0 fully saturated rings. The molecule has 0 aromatic heterocycles. The van der Waals surface area contributed by atoms with Crippen LogP contribution in [0.1, 0.15) is 104 Å². The van der Waals surface area contributed by atoms with Crippen LogP contribution in [0.4, 0.5) is 17.1 Å². The number of alkyl halides is 6. The Hall–Kier alpha value is 0.897. The summed E-state index contributed by atoms with van der Waals surface area (Å²) in [6.07, 6.45) is 0. The van der Waals surface area contributed by atoms with Crippen molar-refractivity contribution >= 4 is 94.5 Å². The molecule has 0 aliphatic heterocycles. The molecule has 0 amide bonds. The summed E-state index contributed by atoms with van der Waals surface area (Å²) in [5.74, 6) is 7.37. The van der Waals surface area contributed by atoms with Crippen LogP contribution in [0.15, 0.2) is 72.8 Å². The Labute approximate surface area is 472 Å². The molecule has 0 aliphatic carbocycles. The van der Waals surface area contributed by atoms with Crippen molar-refractivity contribution in [3.63, 3.8) is 0 Å². The second-order valence-corrected chi connectivity index (χ2v) is 19.7. The molecular formula is C48H78Cl6N3O4PPd3-12. The standard InChI is InChI=1S/3C8H10N.3C4H7Cl2.3C4H9.H3O4P.3Pd/c3*1-9(2)8-6-4-3-5-7-8;3*1-3(2)4(5)6;3*1-4(2)3;1-5(2,3)4;;;/h3*4-7H,1-2H3;3*4H,1-2H3;3*1-3H3;(H3,1,2,3,4);;;/q9*-1;;;;/p-3. The molecule has 3 rings (SSSR count). The molecule has 0 radical (unpaired) electrons. The number of nitrogens with zero attached hydrogens (tertiary/aromatic N) is 3. The molecule has 0 unspecified atom stereocenters. The van der Waals surface area contributed by atoms with Crippen molar-refractivity contribution in [2.75, 3.05) is 57.0 Å². The Morgan fingerprint density at radius 3 is 0.538 bits per heavy atom. The van der Waals surface area contributed by atoms with Crippen molar-refractivity contribution in [3.8, 4) is 0 Å². The summed E-state index contributed by atoms with van der Waals surface area (Å²) in [5.41, 5.74) is 3.65. The quantitative estimate of drug-likeness (QED) is 0.105. The SMILES string of the molecule is CN(C)c1cc[c-]cc1.CN(C)c1cc[c-]cc1.CN(C)c1cc[c-]cc1.C[C-](C)C.C[C-](C)C.C[C-](C)C.C[C-](C)C(Cl)Cl.C[C-](C)C(Cl)Cl.C[C-](C)C(Cl)Cl.O=P([O-])([O-])[O-].[Pd].[Pd].[Pd]. The summed E-state index contributed by atoms with van der Waals surface area (Å²) in [4.78, 5) is 31.0. The Morgan fingerprint density at radius 2 is 0.492 bits per heavy atom. The molecule has 0 bridgehead atoms. The van der Waals surface area contributed by atoms with E-state index in [1.54, 1.807) is 0 Å². The van der Waals surface area contributed by atoms with E-state index in [0.717, 1.165) is 17.8 Å². The van der Waals surface area contributed by atoms with Crippen LogP contribution in [0.3, 0.4) is 0 Å². The van der Waals surface area contributed by atoms with E-state index in [1.807, 2.05) is 157 Å². The molecule has 3 aromatic rings. The predicted molar refractivity (Wildman–Crippen MR) is 277 cm³/mol. The molecule has 7 nitrogen and oxygen atoms in total. The molecule has 0 aliphatic rings. The van der Waals surface area contributed by atoms with Gasteiger partial charge in [0.25, 0.3) is 0 Å². The van der Waals surface area contributed by atoms with Gasteiger partial charge in [0.2, 0.25) is 0 Å². The van der Waals surface area contributed by atoms with Gasteiger partial charge >= 0.3 is 0 Å². The molecule has 17 heteroatoms. The van der Waals surface area contributed by atoms with Crippen molar-refractivity contribution in [2.45, 2.75) is 118 Å². The van der Waals surface area contributed by atoms with Crippen molar-refractivity contribution < 1.29 is 80.5 Å². The van der Waals surface area contributed by atoms with Crippen molar-refractivity contribution in [3.05, 3.63) is 127 Å². The van der Waals surface area contributed by atoms with Crippen LogP contribution < -0.4 is 29.4 Å². The van der Waals surface area contributed by atoms with Crippen LogP contribution in [0.5, 0.6) is 0 Å². The maximum Gasteiger partial charge on any atom is 0.00397 e. The third-order valence-electron chi connectivity index (χ3n) is 4.96. The normalized spacial score (nSPS) is 9.40. The average molecular weight is 1320 g/mol. The fourth-order valence-corrected chi connectivity index (χ4v) is 2.03. The number of anilines is 3. The zero-order valence-electron chi connectivity index (χ0n) is 42.3. The molecule has 0 atom stereocenters. The molecule has 65 heavy (non-hydrogen) atoms. The molecular weight excluding hydrogens is 1250 g/mol. The van der Waals surface area contributed by atoms with E-state index in [4.69, 9.17) is 88.9 Å². The van der Waals surface area contributed by atoms with Gasteiger partial charge in [-0.3, -0.25) is 17.8 Å². The van der Waals surface area contributed by atoms with Gasteiger partial charge in [-0.2, -0.15) is 166 Å². The van der Waals surface area contributed by atoms with E-state index in [0.29, 0.717) is 0 Å². The molecule has 398 valence electrons. The molecule has 0 saturated heterocycles. The summed E-state index contributed by atoms with van der Waals surface area (Å²) in [6.45, 7) is 30.1. The summed E-state index contributed by atoms with van der Waals surface area (Å²) < 4.78 is 8.55. The first-order valence-electron chi connectivity index (χ1n) is 19.2. The molecule has 0 saturated carbocycles. The first kappa shape index (κ1) is 88.8. The number of rotatable bonds is 6. The smallest absolute Gasteiger partial charge is 0.00397 e. The fourth-order valence-electron chi connectivity index (χ4n) is 2.03. The van der Waals surface area contributed by atoms with Gasteiger partial charge in [0.1, 0.15) is 0 Å². The largest absolute Gasteiger partial charge is 0.822 e. The Kier molecular flexibility index (Phi) is 80.9. The topological polar surface area (TPSA) is 96.0 Å². The van der Waals surface area contributed by atoms with Gasteiger partial charge in [-0.25, -0.2) is 0 Å². The molecule has 0 heterocycles. The summed E-state index contributed by atoms with van der Waals surface area (Å²) in [5, 5.41) is 0. The van der Waals surface area contributed by atoms with Gasteiger partial charge in [0.05, 0.1) is 0 Å². The van der Waals surface area contributed by atoms with Crippen molar-refractivity contribution in [2.24, 2.45) is 0 Å². The van der Waals surface area contributed by atoms with Gasteiger partial charge in [-0.15, -0.1) is 106 Å². The number of phosphoric acid groups is 1. The minimum Gasteiger partial charge on any atom is -0.822 e. The number of benzene rings is 3. The van der Waals surface area contributed by atoms with E-state index in [1.165, 1.54) is 34.8 Å². The van der Waals surface area contributed by atoms with Crippen LogP contribution in [0.25, 0.3) is 0 Å². The van der Waals surface area contributed by atoms with E-state index >= 15 is 0 Å². The van der Waals surface area contributed by atoms with E-state index in [2.05, 4.69) is 95.2 Å². The monoisotopic (exact) mass is 1320 g/mol. The molecule has 0 N–H and O–H groups in total. The fraction of sp³-hybridized carbons (Fsp3) is 0.500. The summed E-state index contributed by atoms with van der Waals surface area (Å²) in [7, 11) is 6.75. The third-order valence-corrected chi connectivity index (χ3v) is 7.58. The van der Waals surface area contributed by atoms with Gasteiger partial charge in [-0.1, -0.05) is 17.1 Å². The maximum atomic E-state index is 8.55. The zero-order chi connectivity index (χ0) is 50.8. The first-order valence-corrected chi connectivity index (χ1v) is 23.3. The van der Waals surface area contributed by atoms with E-state index < -0.39 is 7.82 Å². The Bertz CT molecular complexity index is 1150. The van der Waals surface area contributed by atoms with E-state index in [-0.39, 0.29) is 75.8 Å². The van der Waals surface area contributed by atoms with Crippen LogP contribution in [-0.2, 0) is 65.8 Å². The Morgan fingerprint density at radius 1 is 0.400 bits per heavy atom. The minimum atomic E-state index is -5.39. The van der Waals surface area contributed by atoms with Gasteiger partial charge in [0, 0.05) is 104 Å². The van der Waals surface area contributed by atoms with Gasteiger partial charge < -0.3 is 51.7 Å². The van der Waals surface area contributed by atoms with Crippen LogP contribution in [0, 0.1) is 53.7 Å². The molecule has 3 aromatic carbocycles. The third kappa shape index (κ3) is 107. The second-order valence-electron chi connectivity index (χ2n) is 15.5. The van der Waals surface area contributed by atoms with Crippen LogP contribution >= 0.6 is 77.4 Å². The number of hydrogen-bond acceptors (Lipinski definition) is 7. The predicted octanol–water partition coefficient (Wildman–Crippen LogP) is 13.9. The van der Waals surface area contributed by atoms with Crippen LogP contribution in [0.2, 0.25) is 0 Å². The summed E-state index contributed by atoms with van der Waals surface area (Å²) in [6, 6.07) is 32.5. The molecule has 0 spiro atoms.